The summed E-state index contributed by atoms with van der Waals surface area (Å²) in [6, 6.07) is 9.56. The normalized spacial score (nSPS) is 13.2. The Balaban J connectivity index is 2.57. The number of rotatable bonds is 7. The number of carboxylic acid groups (broad SMARTS) is 1. The molecule has 0 aliphatic heterocycles. The van der Waals surface area contributed by atoms with Crippen molar-refractivity contribution in [2.45, 2.75) is 51.7 Å². The van der Waals surface area contributed by atoms with Crippen molar-refractivity contribution < 1.29 is 14.3 Å². The summed E-state index contributed by atoms with van der Waals surface area (Å²) in [5, 5.41) is 9.51. The van der Waals surface area contributed by atoms with E-state index >= 15 is 0 Å². The number of carbonyl (C=O) groups is 1. The van der Waals surface area contributed by atoms with E-state index in [2.05, 4.69) is 33.9 Å². The minimum absolute atomic E-state index is 0.183. The molecule has 0 bridgehead atoms. The van der Waals surface area contributed by atoms with Crippen LogP contribution in [0.25, 0.3) is 6.08 Å². The average Bonchev–Trinajstić information content (AvgIpc) is 2.41. The summed E-state index contributed by atoms with van der Waals surface area (Å²) in [6.45, 7) is 11.7. The van der Waals surface area contributed by atoms with Crippen LogP contribution in [-0.2, 0) is 9.22 Å². The second-order valence-electron chi connectivity index (χ2n) is 7.10. The quantitative estimate of drug-likeness (QED) is 0.439. The van der Waals surface area contributed by atoms with Gasteiger partial charge in [0.2, 0.25) is 0 Å². The van der Waals surface area contributed by atoms with Gasteiger partial charge in [-0.3, -0.25) is 0 Å². The number of benzene rings is 1. The highest BCUT2D eigenvalue weighted by molar-refractivity contribution is 6.74. The molecule has 1 aromatic rings. The minimum Gasteiger partial charge on any atom is -0.478 e. The molecule has 0 atom stereocenters. The Morgan fingerprint density at radius 1 is 1.23 bits per heavy atom. The first kappa shape index (κ1) is 18.7. The van der Waals surface area contributed by atoms with Crippen molar-refractivity contribution in [1.29, 1.82) is 0 Å². The third-order valence-electron chi connectivity index (χ3n) is 4.27. The first-order valence-corrected chi connectivity index (χ1v) is 10.7. The Morgan fingerprint density at radius 2 is 1.82 bits per heavy atom. The van der Waals surface area contributed by atoms with Crippen molar-refractivity contribution in [3.8, 4) is 0 Å². The van der Waals surface area contributed by atoms with Crippen LogP contribution in [0, 0.1) is 0 Å². The van der Waals surface area contributed by atoms with Gasteiger partial charge in [-0.1, -0.05) is 51.1 Å². The molecule has 0 saturated heterocycles. The Kier molecular flexibility index (Phi) is 6.57. The number of carboxylic acids is 1. The molecule has 0 unspecified atom stereocenters. The van der Waals surface area contributed by atoms with Crippen LogP contribution in [0.4, 0.5) is 0 Å². The van der Waals surface area contributed by atoms with Gasteiger partial charge >= 0.3 is 5.97 Å². The van der Waals surface area contributed by atoms with Crippen LogP contribution in [0.5, 0.6) is 0 Å². The van der Waals surface area contributed by atoms with Gasteiger partial charge in [-0.2, -0.15) is 0 Å². The molecule has 22 heavy (non-hydrogen) atoms. The Morgan fingerprint density at radius 3 is 2.32 bits per heavy atom. The molecule has 1 aromatic carbocycles. The SMILES string of the molecule is CC(C)(C)[Si](C)(C)OCCC/C(=C\c1ccccc1)C(=O)O. The van der Waals surface area contributed by atoms with Crippen molar-refractivity contribution in [2.75, 3.05) is 6.61 Å². The van der Waals surface area contributed by atoms with Crippen LogP contribution < -0.4 is 0 Å². The van der Waals surface area contributed by atoms with Gasteiger partial charge in [0.25, 0.3) is 0 Å². The van der Waals surface area contributed by atoms with Gasteiger partial charge in [0.05, 0.1) is 0 Å². The van der Waals surface area contributed by atoms with Gasteiger partial charge in [-0.05, 0) is 42.6 Å². The number of aliphatic carboxylic acids is 1. The summed E-state index contributed by atoms with van der Waals surface area (Å²) in [7, 11) is -1.75. The first-order valence-electron chi connectivity index (χ1n) is 7.76. The Hall–Kier alpha value is -1.39. The van der Waals surface area contributed by atoms with E-state index in [1.165, 1.54) is 0 Å². The lowest BCUT2D eigenvalue weighted by atomic mass is 10.1. The van der Waals surface area contributed by atoms with Crippen molar-refractivity contribution >= 4 is 20.4 Å². The fourth-order valence-corrected chi connectivity index (χ4v) is 2.89. The molecule has 0 heterocycles. The molecule has 1 N–H and O–H groups in total. The monoisotopic (exact) mass is 320 g/mol. The maximum atomic E-state index is 11.4. The highest BCUT2D eigenvalue weighted by Crippen LogP contribution is 2.36. The largest absolute Gasteiger partial charge is 0.478 e. The van der Waals surface area contributed by atoms with Gasteiger partial charge in [0, 0.05) is 12.2 Å². The van der Waals surface area contributed by atoms with E-state index in [1.54, 1.807) is 6.08 Å². The standard InChI is InChI=1S/C18H28O3Si/c1-18(2,3)22(4,5)21-13-9-12-16(17(19)20)14-15-10-7-6-8-11-15/h6-8,10-11,14H,9,12-13H2,1-5H3,(H,19,20)/b16-14+. The molecule has 4 heteroatoms. The van der Waals surface area contributed by atoms with E-state index in [-0.39, 0.29) is 5.04 Å². The summed E-state index contributed by atoms with van der Waals surface area (Å²) >= 11 is 0. The average molecular weight is 321 g/mol. The topological polar surface area (TPSA) is 46.5 Å². The van der Waals surface area contributed by atoms with E-state index in [9.17, 15) is 9.90 Å². The van der Waals surface area contributed by atoms with Crippen LogP contribution in [0.3, 0.4) is 0 Å². The summed E-state index contributed by atoms with van der Waals surface area (Å²) in [5.74, 6) is -0.851. The third-order valence-corrected chi connectivity index (χ3v) is 8.81. The third kappa shape index (κ3) is 5.77. The highest BCUT2D eigenvalue weighted by Gasteiger charge is 2.36. The first-order chi connectivity index (χ1) is 10.1. The van der Waals surface area contributed by atoms with E-state index in [0.29, 0.717) is 18.6 Å². The Bertz CT molecular complexity index is 513. The highest BCUT2D eigenvalue weighted by atomic mass is 28.4. The van der Waals surface area contributed by atoms with Crippen LogP contribution in [0.15, 0.2) is 35.9 Å². The van der Waals surface area contributed by atoms with Crippen molar-refractivity contribution in [3.05, 3.63) is 41.5 Å². The van der Waals surface area contributed by atoms with Gasteiger partial charge in [-0.15, -0.1) is 0 Å². The number of hydrogen-bond donors (Lipinski definition) is 1. The summed E-state index contributed by atoms with van der Waals surface area (Å²) in [6.07, 6.45) is 3.00. The lowest BCUT2D eigenvalue weighted by Crippen LogP contribution is -2.40. The Labute approximate surface area is 135 Å². The molecule has 0 spiro atoms. The van der Waals surface area contributed by atoms with Gasteiger partial charge in [-0.25, -0.2) is 4.79 Å². The smallest absolute Gasteiger partial charge is 0.331 e. The van der Waals surface area contributed by atoms with Gasteiger partial charge in [0.1, 0.15) is 0 Å². The molecule has 3 nitrogen and oxygen atoms in total. The van der Waals surface area contributed by atoms with Crippen LogP contribution in [0.1, 0.15) is 39.2 Å². The molecule has 0 aliphatic carbocycles. The van der Waals surface area contributed by atoms with E-state index in [0.717, 1.165) is 12.0 Å². The fraction of sp³-hybridized carbons (Fsp3) is 0.500. The molecule has 0 aliphatic rings. The summed E-state index contributed by atoms with van der Waals surface area (Å²) < 4.78 is 6.09. The molecule has 0 aromatic heterocycles. The fourth-order valence-electron chi connectivity index (χ4n) is 1.80. The van der Waals surface area contributed by atoms with E-state index < -0.39 is 14.3 Å². The zero-order chi connectivity index (χ0) is 16.8. The minimum atomic E-state index is -1.75. The maximum Gasteiger partial charge on any atom is 0.331 e. The lowest BCUT2D eigenvalue weighted by Gasteiger charge is -2.36. The van der Waals surface area contributed by atoms with Crippen molar-refractivity contribution in [1.82, 2.24) is 0 Å². The summed E-state index contributed by atoms with van der Waals surface area (Å²) in [4.78, 5) is 11.4. The van der Waals surface area contributed by atoms with Crippen molar-refractivity contribution in [3.63, 3.8) is 0 Å². The molecular formula is C18H28O3Si. The van der Waals surface area contributed by atoms with Gasteiger partial charge in [0.15, 0.2) is 8.32 Å². The predicted octanol–water partition coefficient (Wildman–Crippen LogP) is 4.96. The maximum absolute atomic E-state index is 11.4. The molecular weight excluding hydrogens is 292 g/mol. The summed E-state index contributed by atoms with van der Waals surface area (Å²) in [5.41, 5.74) is 1.36. The molecule has 0 fully saturated rings. The number of hydrogen-bond acceptors (Lipinski definition) is 2. The molecule has 122 valence electrons. The van der Waals surface area contributed by atoms with E-state index in [4.69, 9.17) is 4.43 Å². The van der Waals surface area contributed by atoms with E-state index in [1.807, 2.05) is 30.3 Å². The lowest BCUT2D eigenvalue weighted by molar-refractivity contribution is -0.132. The second-order valence-corrected chi connectivity index (χ2v) is 11.9. The molecule has 0 radical (unpaired) electrons. The zero-order valence-corrected chi connectivity index (χ0v) is 15.3. The van der Waals surface area contributed by atoms with Crippen molar-refractivity contribution in [2.24, 2.45) is 0 Å². The van der Waals surface area contributed by atoms with Crippen LogP contribution in [-0.4, -0.2) is 26.0 Å². The van der Waals surface area contributed by atoms with Crippen LogP contribution in [0.2, 0.25) is 18.1 Å². The van der Waals surface area contributed by atoms with Crippen LogP contribution >= 0.6 is 0 Å². The molecule has 0 amide bonds. The zero-order valence-electron chi connectivity index (χ0n) is 14.3. The predicted molar refractivity (Wildman–Crippen MR) is 94.4 cm³/mol. The molecule has 1 rings (SSSR count). The van der Waals surface area contributed by atoms with Gasteiger partial charge < -0.3 is 9.53 Å². The second kappa shape index (κ2) is 7.74. The molecule has 0 saturated carbocycles.